The van der Waals surface area contributed by atoms with Crippen LogP contribution < -0.4 is 4.74 Å². The van der Waals surface area contributed by atoms with E-state index in [1.54, 1.807) is 12.1 Å². The molecule has 1 aromatic rings. The molecule has 0 aromatic heterocycles. The lowest BCUT2D eigenvalue weighted by Gasteiger charge is -2.30. The van der Waals surface area contributed by atoms with E-state index in [4.69, 9.17) is 0 Å². The zero-order chi connectivity index (χ0) is 13.3. The van der Waals surface area contributed by atoms with Crippen molar-refractivity contribution in [1.29, 1.82) is 0 Å². The Hall–Kier alpha value is -1.19. The van der Waals surface area contributed by atoms with E-state index in [2.05, 4.69) is 32.4 Å². The molecule has 0 unspecified atom stereocenters. The molecule has 0 aliphatic carbocycles. The van der Waals surface area contributed by atoms with Crippen molar-refractivity contribution in [2.45, 2.75) is 39.5 Å². The first-order valence-corrected chi connectivity index (χ1v) is 5.49. The highest BCUT2D eigenvalue weighted by atomic mass is 19.4. The molecule has 0 saturated heterocycles. The number of hydrogen-bond donors (Lipinski definition) is 0. The molecular formula is C13H17F3O. The molecule has 0 fully saturated rings. The second-order valence-corrected chi connectivity index (χ2v) is 4.95. The maximum absolute atomic E-state index is 12.0. The minimum atomic E-state index is -4.63. The molecule has 96 valence electrons. The van der Waals surface area contributed by atoms with Gasteiger partial charge < -0.3 is 4.74 Å². The summed E-state index contributed by atoms with van der Waals surface area (Å²) < 4.78 is 39.8. The normalized spacial score (nSPS) is 12.9. The number of hydrogen-bond acceptors (Lipinski definition) is 1. The maximum Gasteiger partial charge on any atom is 0.573 e. The fourth-order valence-electron chi connectivity index (χ4n) is 1.42. The highest BCUT2D eigenvalue weighted by Crippen LogP contribution is 2.33. The highest BCUT2D eigenvalue weighted by molar-refractivity contribution is 5.32. The van der Waals surface area contributed by atoms with E-state index in [-0.39, 0.29) is 11.2 Å². The average Bonchev–Trinajstić information content (AvgIpc) is 2.15. The standard InChI is InChI=1S/C13H17F3O/c1-9(2)12(3,4)10-5-7-11(8-6-10)17-13(14,15)16/h5-9H,1-4H3. The molecule has 0 amide bonds. The van der Waals surface area contributed by atoms with Gasteiger partial charge in [-0.05, 0) is 29.0 Å². The summed E-state index contributed by atoms with van der Waals surface area (Å²) in [5.41, 5.74) is 0.929. The highest BCUT2D eigenvalue weighted by Gasteiger charge is 2.31. The molecule has 1 aromatic carbocycles. The monoisotopic (exact) mass is 246 g/mol. The van der Waals surface area contributed by atoms with E-state index in [0.717, 1.165) is 5.56 Å². The van der Waals surface area contributed by atoms with E-state index < -0.39 is 6.36 Å². The molecule has 0 N–H and O–H groups in total. The Morgan fingerprint density at radius 1 is 1.00 bits per heavy atom. The quantitative estimate of drug-likeness (QED) is 0.762. The Balaban J connectivity index is 2.89. The van der Waals surface area contributed by atoms with Gasteiger partial charge in [0.25, 0.3) is 0 Å². The summed E-state index contributed by atoms with van der Waals surface area (Å²) in [7, 11) is 0. The molecule has 0 bridgehead atoms. The molecule has 0 heterocycles. The Morgan fingerprint density at radius 3 is 1.82 bits per heavy atom. The van der Waals surface area contributed by atoms with E-state index in [1.807, 2.05) is 0 Å². The van der Waals surface area contributed by atoms with Crippen LogP contribution in [0.2, 0.25) is 0 Å². The zero-order valence-corrected chi connectivity index (χ0v) is 10.4. The molecule has 1 nitrogen and oxygen atoms in total. The van der Waals surface area contributed by atoms with Gasteiger partial charge in [-0.25, -0.2) is 0 Å². The fourth-order valence-corrected chi connectivity index (χ4v) is 1.42. The fraction of sp³-hybridized carbons (Fsp3) is 0.538. The maximum atomic E-state index is 12.0. The van der Waals surface area contributed by atoms with Gasteiger partial charge in [-0.15, -0.1) is 13.2 Å². The third-order valence-corrected chi connectivity index (χ3v) is 3.28. The predicted octanol–water partition coefficient (Wildman–Crippen LogP) is 4.52. The van der Waals surface area contributed by atoms with Gasteiger partial charge in [0.1, 0.15) is 5.75 Å². The van der Waals surface area contributed by atoms with Gasteiger partial charge in [0.2, 0.25) is 0 Å². The lowest BCUT2D eigenvalue weighted by molar-refractivity contribution is -0.274. The van der Waals surface area contributed by atoms with Crippen molar-refractivity contribution in [3.8, 4) is 5.75 Å². The first-order valence-electron chi connectivity index (χ1n) is 5.49. The SMILES string of the molecule is CC(C)C(C)(C)c1ccc(OC(F)(F)F)cc1. The molecule has 4 heteroatoms. The molecule has 1 rings (SSSR count). The topological polar surface area (TPSA) is 9.23 Å². The molecule has 0 radical (unpaired) electrons. The number of ether oxygens (including phenoxy) is 1. The number of alkyl halides is 3. The van der Waals surface area contributed by atoms with E-state index in [0.29, 0.717) is 5.92 Å². The molecule has 0 spiro atoms. The summed E-state index contributed by atoms with van der Waals surface area (Å²) in [5, 5.41) is 0. The second kappa shape index (κ2) is 4.59. The van der Waals surface area contributed by atoms with Gasteiger partial charge in [0, 0.05) is 0 Å². The Bertz CT molecular complexity index is 363. The van der Waals surface area contributed by atoms with Gasteiger partial charge in [0.15, 0.2) is 0 Å². The van der Waals surface area contributed by atoms with Crippen molar-refractivity contribution in [2.75, 3.05) is 0 Å². The van der Waals surface area contributed by atoms with Crippen molar-refractivity contribution in [1.82, 2.24) is 0 Å². The van der Waals surface area contributed by atoms with Crippen LogP contribution in [0, 0.1) is 5.92 Å². The van der Waals surface area contributed by atoms with Crippen molar-refractivity contribution >= 4 is 0 Å². The van der Waals surface area contributed by atoms with Crippen molar-refractivity contribution in [2.24, 2.45) is 5.92 Å². The largest absolute Gasteiger partial charge is 0.573 e. The predicted molar refractivity (Wildman–Crippen MR) is 61.0 cm³/mol. The zero-order valence-electron chi connectivity index (χ0n) is 10.4. The van der Waals surface area contributed by atoms with Crippen LogP contribution >= 0.6 is 0 Å². The van der Waals surface area contributed by atoms with Crippen LogP contribution in [0.4, 0.5) is 13.2 Å². The smallest absolute Gasteiger partial charge is 0.406 e. The van der Waals surface area contributed by atoms with E-state index in [9.17, 15) is 13.2 Å². The number of halogens is 3. The number of rotatable bonds is 3. The average molecular weight is 246 g/mol. The van der Waals surface area contributed by atoms with Crippen LogP contribution in [-0.2, 0) is 5.41 Å². The molecule has 0 aliphatic heterocycles. The molecule has 17 heavy (non-hydrogen) atoms. The summed E-state index contributed by atoms with van der Waals surface area (Å²) in [6.07, 6.45) is -4.63. The Labute approximate surface area is 99.6 Å². The first-order chi connectivity index (χ1) is 7.63. The van der Waals surface area contributed by atoms with Crippen molar-refractivity contribution in [3.63, 3.8) is 0 Å². The molecule has 0 atom stereocenters. The lowest BCUT2D eigenvalue weighted by Crippen LogP contribution is -2.24. The van der Waals surface area contributed by atoms with Crippen LogP contribution in [0.25, 0.3) is 0 Å². The summed E-state index contributed by atoms with van der Waals surface area (Å²) in [6.45, 7) is 8.30. The van der Waals surface area contributed by atoms with Crippen molar-refractivity contribution < 1.29 is 17.9 Å². The minimum absolute atomic E-state index is 0.0727. The molecular weight excluding hydrogens is 229 g/mol. The summed E-state index contributed by atoms with van der Waals surface area (Å²) in [5.74, 6) is 0.220. The van der Waals surface area contributed by atoms with Crippen LogP contribution in [0.1, 0.15) is 33.3 Å². The number of benzene rings is 1. The van der Waals surface area contributed by atoms with Crippen LogP contribution in [0.5, 0.6) is 5.75 Å². The first kappa shape index (κ1) is 13.9. The molecule has 0 aliphatic rings. The summed E-state index contributed by atoms with van der Waals surface area (Å²) in [4.78, 5) is 0. The van der Waals surface area contributed by atoms with Gasteiger partial charge >= 0.3 is 6.36 Å². The Kier molecular flexibility index (Phi) is 3.74. The van der Waals surface area contributed by atoms with E-state index in [1.165, 1.54) is 12.1 Å². The lowest BCUT2D eigenvalue weighted by atomic mass is 9.75. The van der Waals surface area contributed by atoms with Gasteiger partial charge in [-0.2, -0.15) is 0 Å². The Morgan fingerprint density at radius 2 is 1.47 bits per heavy atom. The van der Waals surface area contributed by atoms with Crippen LogP contribution in [0.3, 0.4) is 0 Å². The third kappa shape index (κ3) is 3.65. The third-order valence-electron chi connectivity index (χ3n) is 3.28. The van der Waals surface area contributed by atoms with Crippen molar-refractivity contribution in [3.05, 3.63) is 29.8 Å². The summed E-state index contributed by atoms with van der Waals surface area (Å²) in [6, 6.07) is 6.07. The van der Waals surface area contributed by atoms with Gasteiger partial charge in [0.05, 0.1) is 0 Å². The second-order valence-electron chi connectivity index (χ2n) is 4.95. The van der Waals surface area contributed by atoms with Gasteiger partial charge in [-0.1, -0.05) is 39.8 Å². The van der Waals surface area contributed by atoms with E-state index >= 15 is 0 Å². The minimum Gasteiger partial charge on any atom is -0.406 e. The molecule has 0 saturated carbocycles. The van der Waals surface area contributed by atoms with Gasteiger partial charge in [-0.3, -0.25) is 0 Å². The van der Waals surface area contributed by atoms with Crippen LogP contribution in [0.15, 0.2) is 24.3 Å². The van der Waals surface area contributed by atoms with Crippen LogP contribution in [-0.4, -0.2) is 6.36 Å². The summed E-state index contributed by atoms with van der Waals surface area (Å²) >= 11 is 0.